The second-order valence-electron chi connectivity index (χ2n) is 7.70. The zero-order chi connectivity index (χ0) is 24.0. The molecule has 1 unspecified atom stereocenters. The molecule has 172 valence electrons. The Morgan fingerprint density at radius 3 is 2.42 bits per heavy atom. The largest absolute Gasteiger partial charge is 0.453 e. The van der Waals surface area contributed by atoms with E-state index in [-0.39, 0.29) is 31.8 Å². The van der Waals surface area contributed by atoms with E-state index in [0.29, 0.717) is 11.1 Å². The van der Waals surface area contributed by atoms with Gasteiger partial charge in [0.05, 0.1) is 11.1 Å². The summed E-state index contributed by atoms with van der Waals surface area (Å²) in [5, 5.41) is 4.66. The summed E-state index contributed by atoms with van der Waals surface area (Å²) in [7, 11) is 0. The number of imide groups is 2. The Bertz CT molecular complexity index is 1080. The maximum Gasteiger partial charge on any atom is 0.321 e. The molecule has 0 bridgehead atoms. The molecule has 1 aliphatic rings. The van der Waals surface area contributed by atoms with Crippen molar-refractivity contribution >= 4 is 29.7 Å². The van der Waals surface area contributed by atoms with Gasteiger partial charge in [0, 0.05) is 19.5 Å². The molecule has 9 heteroatoms. The molecule has 2 aromatic carbocycles. The first kappa shape index (κ1) is 23.6. The number of nitrogens with one attached hydrogen (secondary N) is 2. The number of carbonyl (C=O) groups is 5. The van der Waals surface area contributed by atoms with Gasteiger partial charge in [-0.1, -0.05) is 42.0 Å². The Morgan fingerprint density at radius 1 is 1.00 bits per heavy atom. The number of ether oxygens (including phenoxy) is 1. The van der Waals surface area contributed by atoms with Gasteiger partial charge in [0.15, 0.2) is 6.10 Å². The average Bonchev–Trinajstić information content (AvgIpc) is 3.02. The molecule has 0 spiro atoms. The van der Waals surface area contributed by atoms with E-state index in [1.54, 1.807) is 18.2 Å². The van der Waals surface area contributed by atoms with E-state index in [0.717, 1.165) is 16.0 Å². The molecule has 0 fully saturated rings. The van der Waals surface area contributed by atoms with Crippen LogP contribution in [-0.4, -0.2) is 47.3 Å². The highest BCUT2D eigenvalue weighted by Gasteiger charge is 2.35. The summed E-state index contributed by atoms with van der Waals surface area (Å²) in [5.41, 5.74) is 2.46. The lowest BCUT2D eigenvalue weighted by molar-refractivity contribution is -0.154. The zero-order valence-corrected chi connectivity index (χ0v) is 18.4. The summed E-state index contributed by atoms with van der Waals surface area (Å²) in [6, 6.07) is 13.5. The predicted molar refractivity (Wildman–Crippen MR) is 118 cm³/mol. The standard InChI is InChI=1S/C24H25N3O6/c1-15-10-11-18-19(13-15)23(31)27(22(18)30)12-6-9-20(28)33-16(2)21(29)26-24(32)25-14-17-7-4-3-5-8-17/h3-5,7-8,10-11,13,16H,6,9,12,14H2,1-2H3,(H2,25,26,29,32). The van der Waals surface area contributed by atoms with Crippen molar-refractivity contribution in [2.75, 3.05) is 6.54 Å². The second-order valence-corrected chi connectivity index (χ2v) is 7.70. The van der Waals surface area contributed by atoms with Gasteiger partial charge in [0.25, 0.3) is 17.7 Å². The van der Waals surface area contributed by atoms with Gasteiger partial charge < -0.3 is 10.1 Å². The summed E-state index contributed by atoms with van der Waals surface area (Å²) >= 11 is 0. The fourth-order valence-electron chi connectivity index (χ4n) is 3.33. The van der Waals surface area contributed by atoms with Crippen LogP contribution in [0, 0.1) is 6.92 Å². The molecule has 2 aromatic rings. The molecule has 0 saturated heterocycles. The van der Waals surface area contributed by atoms with Gasteiger partial charge in [0.1, 0.15) is 0 Å². The number of nitrogens with zero attached hydrogens (tertiary/aromatic N) is 1. The van der Waals surface area contributed by atoms with E-state index >= 15 is 0 Å². The molecule has 0 aromatic heterocycles. The Hall–Kier alpha value is -4.01. The molecule has 3 rings (SSSR count). The first-order valence-corrected chi connectivity index (χ1v) is 10.5. The molecule has 5 amide bonds. The quantitative estimate of drug-likeness (QED) is 0.469. The van der Waals surface area contributed by atoms with Crippen LogP contribution in [-0.2, 0) is 20.9 Å². The third-order valence-corrected chi connectivity index (χ3v) is 5.10. The Morgan fingerprint density at radius 2 is 1.70 bits per heavy atom. The van der Waals surface area contributed by atoms with E-state index in [4.69, 9.17) is 4.74 Å². The van der Waals surface area contributed by atoms with Crippen LogP contribution in [0.4, 0.5) is 4.79 Å². The number of rotatable bonds is 8. The van der Waals surface area contributed by atoms with Crippen molar-refractivity contribution in [2.24, 2.45) is 0 Å². The molecule has 1 atom stereocenters. The smallest absolute Gasteiger partial charge is 0.321 e. The minimum absolute atomic E-state index is 0.0585. The third kappa shape index (κ3) is 6.03. The maximum absolute atomic E-state index is 12.4. The van der Waals surface area contributed by atoms with Crippen molar-refractivity contribution in [1.82, 2.24) is 15.5 Å². The fourth-order valence-corrected chi connectivity index (χ4v) is 3.33. The highest BCUT2D eigenvalue weighted by Crippen LogP contribution is 2.24. The summed E-state index contributed by atoms with van der Waals surface area (Å²) < 4.78 is 5.05. The minimum atomic E-state index is -1.18. The molecule has 1 heterocycles. The molecule has 1 aliphatic heterocycles. The lowest BCUT2D eigenvalue weighted by Gasteiger charge is -2.15. The topological polar surface area (TPSA) is 122 Å². The normalized spacial score (nSPS) is 13.3. The van der Waals surface area contributed by atoms with Gasteiger partial charge in [-0.25, -0.2) is 4.79 Å². The van der Waals surface area contributed by atoms with Crippen LogP contribution in [0.2, 0.25) is 0 Å². The van der Waals surface area contributed by atoms with Gasteiger partial charge in [-0.2, -0.15) is 0 Å². The Labute approximate surface area is 191 Å². The Balaban J connectivity index is 1.38. The van der Waals surface area contributed by atoms with Gasteiger partial charge >= 0.3 is 12.0 Å². The van der Waals surface area contributed by atoms with Crippen molar-refractivity contribution in [1.29, 1.82) is 0 Å². The van der Waals surface area contributed by atoms with Gasteiger partial charge in [-0.15, -0.1) is 0 Å². The van der Waals surface area contributed by atoms with Crippen molar-refractivity contribution in [3.63, 3.8) is 0 Å². The Kier molecular flexibility index (Phi) is 7.55. The number of carbonyl (C=O) groups excluding carboxylic acids is 5. The van der Waals surface area contributed by atoms with E-state index < -0.39 is 29.9 Å². The van der Waals surface area contributed by atoms with Crippen LogP contribution < -0.4 is 10.6 Å². The average molecular weight is 451 g/mol. The highest BCUT2D eigenvalue weighted by molar-refractivity contribution is 6.21. The van der Waals surface area contributed by atoms with Gasteiger partial charge in [-0.3, -0.25) is 29.4 Å². The summed E-state index contributed by atoms with van der Waals surface area (Å²) in [4.78, 5) is 62.0. The SMILES string of the molecule is Cc1ccc2c(c1)C(=O)N(CCCC(=O)OC(C)C(=O)NC(=O)NCc1ccccc1)C2=O. The van der Waals surface area contributed by atoms with Crippen LogP contribution in [0.15, 0.2) is 48.5 Å². The van der Waals surface area contributed by atoms with Crippen LogP contribution in [0.5, 0.6) is 0 Å². The monoisotopic (exact) mass is 451 g/mol. The number of amides is 5. The zero-order valence-electron chi connectivity index (χ0n) is 18.4. The van der Waals surface area contributed by atoms with Gasteiger partial charge in [0.2, 0.25) is 0 Å². The lowest BCUT2D eigenvalue weighted by atomic mass is 10.1. The van der Waals surface area contributed by atoms with Gasteiger partial charge in [-0.05, 0) is 38.0 Å². The predicted octanol–water partition coefficient (Wildman–Crippen LogP) is 2.33. The molecule has 33 heavy (non-hydrogen) atoms. The molecule has 0 saturated carbocycles. The number of hydrogen-bond acceptors (Lipinski definition) is 6. The van der Waals surface area contributed by atoms with E-state index in [1.165, 1.54) is 6.92 Å². The number of benzene rings is 2. The van der Waals surface area contributed by atoms with Crippen molar-refractivity contribution in [3.05, 3.63) is 70.8 Å². The molecule has 9 nitrogen and oxygen atoms in total. The molecule has 0 aliphatic carbocycles. The summed E-state index contributed by atoms with van der Waals surface area (Å²) in [5.74, 6) is -2.21. The highest BCUT2D eigenvalue weighted by atomic mass is 16.5. The molecular weight excluding hydrogens is 426 g/mol. The minimum Gasteiger partial charge on any atom is -0.453 e. The molecular formula is C24H25N3O6. The van der Waals surface area contributed by atoms with E-state index in [1.807, 2.05) is 37.3 Å². The van der Waals surface area contributed by atoms with Crippen LogP contribution >= 0.6 is 0 Å². The van der Waals surface area contributed by atoms with Crippen LogP contribution in [0.3, 0.4) is 0 Å². The molecule has 2 N–H and O–H groups in total. The summed E-state index contributed by atoms with van der Waals surface area (Å²) in [6.45, 7) is 3.49. The van der Waals surface area contributed by atoms with Crippen molar-refractivity contribution in [3.8, 4) is 0 Å². The lowest BCUT2D eigenvalue weighted by Crippen LogP contribution is -2.44. The fraction of sp³-hybridized carbons (Fsp3) is 0.292. The molecule has 0 radical (unpaired) electrons. The number of hydrogen-bond donors (Lipinski definition) is 2. The number of aryl methyl sites for hydroxylation is 1. The van der Waals surface area contributed by atoms with Crippen molar-refractivity contribution < 1.29 is 28.7 Å². The number of esters is 1. The number of fused-ring (bicyclic) bond motifs is 1. The second kappa shape index (κ2) is 10.5. The first-order chi connectivity index (χ1) is 15.8. The van der Waals surface area contributed by atoms with Crippen LogP contribution in [0.25, 0.3) is 0 Å². The van der Waals surface area contributed by atoms with E-state index in [2.05, 4.69) is 10.6 Å². The van der Waals surface area contributed by atoms with Crippen LogP contribution in [0.1, 0.15) is 51.6 Å². The first-order valence-electron chi connectivity index (χ1n) is 10.5. The summed E-state index contributed by atoms with van der Waals surface area (Å²) in [6.07, 6.45) is -1.08. The third-order valence-electron chi connectivity index (χ3n) is 5.10. The number of urea groups is 1. The maximum atomic E-state index is 12.4. The van der Waals surface area contributed by atoms with Crippen molar-refractivity contribution in [2.45, 2.75) is 39.3 Å². The van der Waals surface area contributed by atoms with E-state index in [9.17, 15) is 24.0 Å².